The average molecular weight is 579 g/mol. The molecule has 0 radical (unpaired) electrons. The third-order valence-electron chi connectivity index (χ3n) is 5.63. The van der Waals surface area contributed by atoms with E-state index in [2.05, 4.69) is 46.7 Å². The maximum atomic E-state index is 10.9. The van der Waals surface area contributed by atoms with Gasteiger partial charge in [0, 0.05) is 35.3 Å². The zero-order valence-electron chi connectivity index (χ0n) is 20.3. The van der Waals surface area contributed by atoms with Gasteiger partial charge in [-0.05, 0) is 64.8 Å². The Morgan fingerprint density at radius 3 is 2.55 bits per heavy atom. The van der Waals surface area contributed by atoms with Gasteiger partial charge >= 0.3 is 0 Å². The topological polar surface area (TPSA) is 144 Å². The van der Waals surface area contributed by atoms with Crippen LogP contribution < -0.4 is 15.6 Å². The van der Waals surface area contributed by atoms with Crippen molar-refractivity contribution in [3.05, 3.63) is 80.5 Å². The summed E-state index contributed by atoms with van der Waals surface area (Å²) >= 11 is 3.57. The zero-order chi connectivity index (χ0) is 26.5. The molecule has 5 rings (SSSR count). The van der Waals surface area contributed by atoms with E-state index in [1.165, 1.54) is 18.3 Å². The van der Waals surface area contributed by atoms with Crippen molar-refractivity contribution in [1.29, 1.82) is 0 Å². The Kier molecular flexibility index (Phi) is 7.56. The number of morpholine rings is 1. The minimum Gasteiger partial charge on any atom is -0.455 e. The summed E-state index contributed by atoms with van der Waals surface area (Å²) in [7, 11) is 0. The van der Waals surface area contributed by atoms with Gasteiger partial charge in [-0.15, -0.1) is 0 Å². The van der Waals surface area contributed by atoms with Gasteiger partial charge in [-0.1, -0.05) is 6.07 Å². The highest BCUT2D eigenvalue weighted by Crippen LogP contribution is 2.27. The van der Waals surface area contributed by atoms with E-state index >= 15 is 0 Å². The van der Waals surface area contributed by atoms with Gasteiger partial charge < -0.3 is 19.4 Å². The zero-order valence-corrected chi connectivity index (χ0v) is 21.9. The summed E-state index contributed by atoms with van der Waals surface area (Å²) in [6, 6.07) is 15.6. The van der Waals surface area contributed by atoms with Crippen molar-refractivity contribution < 1.29 is 14.1 Å². The normalized spacial score (nSPS) is 13.6. The van der Waals surface area contributed by atoms with E-state index in [0.29, 0.717) is 55.3 Å². The van der Waals surface area contributed by atoms with Crippen molar-refractivity contribution in [3.63, 3.8) is 0 Å². The number of furan rings is 1. The first-order valence-electron chi connectivity index (χ1n) is 11.7. The van der Waals surface area contributed by atoms with E-state index in [9.17, 15) is 10.1 Å². The first kappa shape index (κ1) is 25.3. The summed E-state index contributed by atoms with van der Waals surface area (Å²) in [5, 5.41) is 18.3. The number of ether oxygens (including phenoxy) is 1. The highest BCUT2D eigenvalue weighted by molar-refractivity contribution is 9.10. The Balaban J connectivity index is 1.33. The molecule has 38 heavy (non-hydrogen) atoms. The van der Waals surface area contributed by atoms with E-state index in [-0.39, 0.29) is 11.6 Å². The number of nitrogens with one attached hydrogen (secondary N) is 2. The number of anilines is 4. The number of non-ortho nitro benzene ring substituents is 1. The van der Waals surface area contributed by atoms with Crippen molar-refractivity contribution in [2.45, 2.75) is 6.92 Å². The van der Waals surface area contributed by atoms with Gasteiger partial charge in [-0.25, -0.2) is 5.43 Å². The lowest BCUT2D eigenvalue weighted by Gasteiger charge is -2.27. The monoisotopic (exact) mass is 578 g/mol. The molecule has 2 aromatic carbocycles. The number of rotatable bonds is 8. The van der Waals surface area contributed by atoms with E-state index in [1.54, 1.807) is 24.3 Å². The number of halogens is 1. The molecule has 13 heteroatoms. The molecule has 0 saturated carbocycles. The van der Waals surface area contributed by atoms with Crippen LogP contribution in [0.3, 0.4) is 0 Å². The third-order valence-corrected chi connectivity index (χ3v) is 6.29. The molecule has 0 unspecified atom stereocenters. The second-order valence-electron chi connectivity index (χ2n) is 8.37. The summed E-state index contributed by atoms with van der Waals surface area (Å²) in [6.45, 7) is 4.53. The van der Waals surface area contributed by atoms with E-state index in [4.69, 9.17) is 9.15 Å². The van der Waals surface area contributed by atoms with Crippen LogP contribution in [0.15, 0.2) is 68.6 Å². The molecule has 0 bridgehead atoms. The molecule has 1 aliphatic heterocycles. The van der Waals surface area contributed by atoms with Crippen LogP contribution in [0.4, 0.5) is 29.2 Å². The van der Waals surface area contributed by atoms with Crippen LogP contribution in [0, 0.1) is 17.0 Å². The predicted molar refractivity (Wildman–Crippen MR) is 147 cm³/mol. The highest BCUT2D eigenvalue weighted by atomic mass is 79.9. The first-order valence-corrected chi connectivity index (χ1v) is 12.5. The van der Waals surface area contributed by atoms with Crippen molar-refractivity contribution >= 4 is 51.4 Å². The maximum absolute atomic E-state index is 10.9. The number of nitrogens with zero attached hydrogens (tertiary/aromatic N) is 6. The van der Waals surface area contributed by atoms with Crippen LogP contribution in [0.25, 0.3) is 11.3 Å². The Labute approximate surface area is 226 Å². The number of nitro benzene ring substituents is 1. The van der Waals surface area contributed by atoms with E-state index in [0.717, 1.165) is 15.7 Å². The number of hydrazone groups is 1. The first-order chi connectivity index (χ1) is 18.4. The Hall–Kier alpha value is -4.36. The summed E-state index contributed by atoms with van der Waals surface area (Å²) < 4.78 is 12.1. The fourth-order valence-corrected chi connectivity index (χ4v) is 4.29. The average Bonchev–Trinajstić information content (AvgIpc) is 3.40. The van der Waals surface area contributed by atoms with Crippen LogP contribution in [0.5, 0.6) is 0 Å². The lowest BCUT2D eigenvalue weighted by molar-refractivity contribution is -0.384. The van der Waals surface area contributed by atoms with Gasteiger partial charge in [0.25, 0.3) is 5.69 Å². The molecule has 3 heterocycles. The smallest absolute Gasteiger partial charge is 0.269 e. The van der Waals surface area contributed by atoms with Gasteiger partial charge in [-0.3, -0.25) is 10.1 Å². The SMILES string of the molecule is Cc1ccc(Nc2nc(NN=Cc3ccc(-c4ccc([N+](=O)[O-])cc4)o3)nc(N3CCOCC3)n2)c(Br)c1. The molecule has 0 amide bonds. The Morgan fingerprint density at radius 2 is 1.82 bits per heavy atom. The minimum absolute atomic E-state index is 0.0173. The number of benzene rings is 2. The van der Waals surface area contributed by atoms with Gasteiger partial charge in [0.2, 0.25) is 17.8 Å². The summed E-state index contributed by atoms with van der Waals surface area (Å²) in [6.07, 6.45) is 1.50. The van der Waals surface area contributed by atoms with Crippen molar-refractivity contribution in [3.8, 4) is 11.3 Å². The lowest BCUT2D eigenvalue weighted by Crippen LogP contribution is -2.37. The molecule has 12 nitrogen and oxygen atoms in total. The Morgan fingerprint density at radius 1 is 1.05 bits per heavy atom. The van der Waals surface area contributed by atoms with Crippen molar-refractivity contribution in [1.82, 2.24) is 15.0 Å². The van der Waals surface area contributed by atoms with Crippen molar-refractivity contribution in [2.75, 3.05) is 41.9 Å². The van der Waals surface area contributed by atoms with Crippen molar-refractivity contribution in [2.24, 2.45) is 5.10 Å². The number of aromatic nitrogens is 3. The number of hydrogen-bond donors (Lipinski definition) is 2. The Bertz CT molecular complexity index is 1470. The molecule has 4 aromatic rings. The lowest BCUT2D eigenvalue weighted by atomic mass is 10.1. The van der Waals surface area contributed by atoms with Crippen LogP contribution in [-0.4, -0.2) is 52.4 Å². The van der Waals surface area contributed by atoms with Gasteiger partial charge in [0.1, 0.15) is 11.5 Å². The van der Waals surface area contributed by atoms with Crippen LogP contribution in [-0.2, 0) is 4.74 Å². The second kappa shape index (κ2) is 11.4. The number of aryl methyl sites for hydroxylation is 1. The van der Waals surface area contributed by atoms with Gasteiger partial charge in [-0.2, -0.15) is 20.1 Å². The molecule has 1 aliphatic rings. The quantitative estimate of drug-likeness (QED) is 0.164. The summed E-state index contributed by atoms with van der Waals surface area (Å²) in [4.78, 5) is 26.0. The van der Waals surface area contributed by atoms with Gasteiger partial charge in [0.15, 0.2) is 0 Å². The molecule has 2 aromatic heterocycles. The van der Waals surface area contributed by atoms with E-state index < -0.39 is 4.92 Å². The molecule has 194 valence electrons. The van der Waals surface area contributed by atoms with Crippen LogP contribution in [0.1, 0.15) is 11.3 Å². The summed E-state index contributed by atoms with van der Waals surface area (Å²) in [5.41, 5.74) is 5.53. The molecule has 1 fully saturated rings. The fraction of sp³-hybridized carbons (Fsp3) is 0.200. The maximum Gasteiger partial charge on any atom is 0.269 e. The standard InChI is InChI=1S/C25H23BrN8O4/c1-16-2-8-21(20(26)14-16)28-23-29-24(31-25(30-23)33-10-12-37-13-11-33)32-27-15-19-7-9-22(38-19)17-3-5-18(6-4-17)34(35)36/h2-9,14-15H,10-13H2,1H3,(H2,28,29,30,31,32). The molecular formula is C25H23BrN8O4. The molecule has 0 spiro atoms. The molecule has 2 N–H and O–H groups in total. The minimum atomic E-state index is -0.443. The summed E-state index contributed by atoms with van der Waals surface area (Å²) in [5.74, 6) is 2.17. The second-order valence-corrected chi connectivity index (χ2v) is 9.22. The predicted octanol–water partition coefficient (Wildman–Crippen LogP) is 5.14. The molecular weight excluding hydrogens is 556 g/mol. The fourth-order valence-electron chi connectivity index (χ4n) is 3.70. The number of hydrogen-bond acceptors (Lipinski definition) is 11. The molecule has 0 aliphatic carbocycles. The van der Waals surface area contributed by atoms with Gasteiger partial charge in [0.05, 0.1) is 30.0 Å². The molecule has 0 atom stereocenters. The van der Waals surface area contributed by atoms with Crippen LogP contribution >= 0.6 is 15.9 Å². The van der Waals surface area contributed by atoms with E-state index in [1.807, 2.05) is 30.0 Å². The van der Waals surface area contributed by atoms with Crippen LogP contribution in [0.2, 0.25) is 0 Å². The third kappa shape index (κ3) is 6.12. The number of nitro groups is 1. The largest absolute Gasteiger partial charge is 0.455 e. The highest BCUT2D eigenvalue weighted by Gasteiger charge is 2.17. The molecule has 1 saturated heterocycles.